The number of nitro groups is 1. The van der Waals surface area contributed by atoms with Crippen LogP contribution in [0.5, 0.6) is 0 Å². The molecule has 1 heterocycles. The number of nitrogens with zero attached hydrogens (tertiary/aromatic N) is 2. The van der Waals surface area contributed by atoms with Crippen LogP contribution in [-0.2, 0) is 0 Å². The molecule has 0 N–H and O–H groups in total. The van der Waals surface area contributed by atoms with Crippen LogP contribution >= 0.6 is 11.3 Å². The molecule has 0 spiro atoms. The molecular formula is C13H8N2O2S. The van der Waals surface area contributed by atoms with Gasteiger partial charge in [-0.3, -0.25) is 10.1 Å². The van der Waals surface area contributed by atoms with Gasteiger partial charge in [0.15, 0.2) is 0 Å². The van der Waals surface area contributed by atoms with Gasteiger partial charge in [0.2, 0.25) is 0 Å². The number of benzene rings is 1. The van der Waals surface area contributed by atoms with Gasteiger partial charge >= 0.3 is 0 Å². The van der Waals surface area contributed by atoms with E-state index < -0.39 is 4.92 Å². The topological polar surface area (TPSA) is 66.9 Å². The Labute approximate surface area is 108 Å². The summed E-state index contributed by atoms with van der Waals surface area (Å²) >= 11 is 1.51. The first-order chi connectivity index (χ1) is 8.70. The van der Waals surface area contributed by atoms with Crippen molar-refractivity contribution in [3.8, 4) is 6.07 Å². The lowest BCUT2D eigenvalue weighted by atomic mass is 10.1. The lowest BCUT2D eigenvalue weighted by molar-refractivity contribution is -0.384. The Morgan fingerprint density at radius 2 is 2.22 bits per heavy atom. The number of rotatable bonds is 3. The lowest BCUT2D eigenvalue weighted by Crippen LogP contribution is -1.89. The van der Waals surface area contributed by atoms with Gasteiger partial charge < -0.3 is 0 Å². The fourth-order valence-corrected chi connectivity index (χ4v) is 2.14. The van der Waals surface area contributed by atoms with Crippen LogP contribution in [0.3, 0.4) is 0 Å². The van der Waals surface area contributed by atoms with E-state index in [0.717, 1.165) is 4.88 Å². The van der Waals surface area contributed by atoms with Crippen molar-refractivity contribution < 1.29 is 4.92 Å². The highest BCUT2D eigenvalue weighted by atomic mass is 32.1. The summed E-state index contributed by atoms with van der Waals surface area (Å²) in [7, 11) is 0. The van der Waals surface area contributed by atoms with E-state index in [1.807, 2.05) is 17.5 Å². The van der Waals surface area contributed by atoms with Crippen molar-refractivity contribution in [2.75, 3.05) is 0 Å². The summed E-state index contributed by atoms with van der Waals surface area (Å²) in [5, 5.41) is 21.7. The third-order valence-electron chi connectivity index (χ3n) is 2.32. The third kappa shape index (κ3) is 2.62. The van der Waals surface area contributed by atoms with Gasteiger partial charge in [0.1, 0.15) is 0 Å². The van der Waals surface area contributed by atoms with Crippen molar-refractivity contribution in [3.63, 3.8) is 0 Å². The first-order valence-electron chi connectivity index (χ1n) is 5.11. The highest BCUT2D eigenvalue weighted by Gasteiger charge is 2.08. The Morgan fingerprint density at radius 3 is 2.83 bits per heavy atom. The second-order valence-corrected chi connectivity index (χ2v) is 4.47. The van der Waals surface area contributed by atoms with Gasteiger partial charge in [0, 0.05) is 17.0 Å². The molecule has 18 heavy (non-hydrogen) atoms. The van der Waals surface area contributed by atoms with Crippen molar-refractivity contribution in [2.24, 2.45) is 0 Å². The summed E-state index contributed by atoms with van der Waals surface area (Å²) in [4.78, 5) is 11.2. The van der Waals surface area contributed by atoms with Crippen LogP contribution in [0.15, 0.2) is 41.8 Å². The molecule has 5 heteroatoms. The van der Waals surface area contributed by atoms with Crippen LogP contribution in [0.2, 0.25) is 0 Å². The zero-order valence-corrected chi connectivity index (χ0v) is 10.1. The first-order valence-corrected chi connectivity index (χ1v) is 5.99. The largest absolute Gasteiger partial charge is 0.270 e. The summed E-state index contributed by atoms with van der Waals surface area (Å²) < 4.78 is 0. The van der Waals surface area contributed by atoms with E-state index in [4.69, 9.17) is 5.26 Å². The molecule has 4 nitrogen and oxygen atoms in total. The van der Waals surface area contributed by atoms with Gasteiger partial charge in [-0.05, 0) is 23.1 Å². The monoisotopic (exact) mass is 256 g/mol. The maximum absolute atomic E-state index is 10.7. The number of nitriles is 1. The Kier molecular flexibility index (Phi) is 3.51. The van der Waals surface area contributed by atoms with E-state index in [-0.39, 0.29) is 5.69 Å². The predicted molar refractivity (Wildman–Crippen MR) is 70.9 cm³/mol. The molecule has 0 saturated carbocycles. The number of allylic oxidation sites excluding steroid dienone is 1. The summed E-state index contributed by atoms with van der Waals surface area (Å²) in [6.45, 7) is 0. The molecule has 88 valence electrons. The van der Waals surface area contributed by atoms with Crippen molar-refractivity contribution in [2.45, 2.75) is 0 Å². The Hall–Kier alpha value is -2.45. The zero-order chi connectivity index (χ0) is 13.0. The van der Waals surface area contributed by atoms with Crippen LogP contribution < -0.4 is 0 Å². The quantitative estimate of drug-likeness (QED) is 0.477. The minimum absolute atomic E-state index is 0.0140. The van der Waals surface area contributed by atoms with Crippen LogP contribution in [0.4, 0.5) is 5.69 Å². The normalized spacial score (nSPS) is 10.9. The third-order valence-corrected chi connectivity index (χ3v) is 3.14. The van der Waals surface area contributed by atoms with Crippen molar-refractivity contribution in [3.05, 3.63) is 62.3 Å². The summed E-state index contributed by atoms with van der Waals surface area (Å²) in [5.74, 6) is 0. The summed E-state index contributed by atoms with van der Waals surface area (Å²) in [5.41, 5.74) is 0.959. The lowest BCUT2D eigenvalue weighted by Gasteiger charge is -1.98. The van der Waals surface area contributed by atoms with E-state index >= 15 is 0 Å². The minimum atomic E-state index is -0.469. The molecule has 2 rings (SSSR count). The highest BCUT2D eigenvalue weighted by Crippen LogP contribution is 2.23. The van der Waals surface area contributed by atoms with Crippen molar-refractivity contribution in [1.82, 2.24) is 0 Å². The zero-order valence-electron chi connectivity index (χ0n) is 9.24. The molecule has 0 atom stereocenters. The molecule has 0 amide bonds. The molecule has 0 saturated heterocycles. The smallest absolute Gasteiger partial charge is 0.258 e. The second kappa shape index (κ2) is 5.25. The summed E-state index contributed by atoms with van der Waals surface area (Å²) in [6, 6.07) is 11.9. The average molecular weight is 256 g/mol. The van der Waals surface area contributed by atoms with Gasteiger partial charge in [-0.2, -0.15) is 5.26 Å². The van der Waals surface area contributed by atoms with E-state index in [2.05, 4.69) is 6.07 Å². The molecule has 0 aliphatic heterocycles. The van der Waals surface area contributed by atoms with E-state index in [0.29, 0.717) is 11.1 Å². The maximum atomic E-state index is 10.7. The van der Waals surface area contributed by atoms with Gasteiger partial charge in [-0.15, -0.1) is 11.3 Å². The molecule has 0 fully saturated rings. The molecule has 0 aliphatic carbocycles. The van der Waals surface area contributed by atoms with E-state index in [9.17, 15) is 10.1 Å². The van der Waals surface area contributed by atoms with E-state index in [1.54, 1.807) is 18.2 Å². The fraction of sp³-hybridized carbons (Fsp3) is 0. The van der Waals surface area contributed by atoms with Gasteiger partial charge in [0.05, 0.1) is 16.6 Å². The maximum Gasteiger partial charge on any atom is 0.270 e. The standard InChI is InChI=1S/C13H8N2O2S/c14-9-11(8-13-5-2-6-18-13)10-3-1-4-12(7-10)15(16)17/h1-8H/b11-8+. The van der Waals surface area contributed by atoms with Gasteiger partial charge in [-0.1, -0.05) is 18.2 Å². The Morgan fingerprint density at radius 1 is 1.39 bits per heavy atom. The average Bonchev–Trinajstić information content (AvgIpc) is 2.89. The molecule has 0 aliphatic rings. The molecule has 0 radical (unpaired) electrons. The second-order valence-electron chi connectivity index (χ2n) is 3.49. The number of thiophene rings is 1. The first kappa shape index (κ1) is 12.0. The predicted octanol–water partition coefficient (Wildman–Crippen LogP) is 3.72. The Bertz CT molecular complexity index is 639. The number of nitro benzene ring substituents is 1. The highest BCUT2D eigenvalue weighted by molar-refractivity contribution is 7.10. The van der Waals surface area contributed by atoms with Gasteiger partial charge in [0.25, 0.3) is 5.69 Å². The van der Waals surface area contributed by atoms with Crippen LogP contribution in [0.1, 0.15) is 10.4 Å². The number of non-ortho nitro benzene ring substituents is 1. The van der Waals surface area contributed by atoms with Crippen LogP contribution in [0, 0.1) is 21.4 Å². The van der Waals surface area contributed by atoms with Gasteiger partial charge in [-0.25, -0.2) is 0 Å². The van der Waals surface area contributed by atoms with Crippen LogP contribution in [0.25, 0.3) is 11.6 Å². The molecule has 0 bridgehead atoms. The fourth-order valence-electron chi connectivity index (χ4n) is 1.48. The molecular weight excluding hydrogens is 248 g/mol. The summed E-state index contributed by atoms with van der Waals surface area (Å²) in [6.07, 6.45) is 1.73. The van der Waals surface area contributed by atoms with Crippen LogP contribution in [-0.4, -0.2) is 4.92 Å². The number of hydrogen-bond acceptors (Lipinski definition) is 4. The minimum Gasteiger partial charge on any atom is -0.258 e. The van der Waals surface area contributed by atoms with Crippen molar-refractivity contribution in [1.29, 1.82) is 5.26 Å². The molecule has 1 aromatic carbocycles. The Balaban J connectivity index is 2.43. The van der Waals surface area contributed by atoms with E-state index in [1.165, 1.54) is 23.5 Å². The molecule has 1 aromatic heterocycles. The number of hydrogen-bond donors (Lipinski definition) is 0. The SMILES string of the molecule is N#C/C(=C\c1cccs1)c1cccc([N+](=O)[O-])c1. The van der Waals surface area contributed by atoms with Crippen molar-refractivity contribution >= 4 is 28.7 Å². The molecule has 2 aromatic rings. The molecule has 0 unspecified atom stereocenters.